The number of benzene rings is 2. The van der Waals surface area contributed by atoms with Crippen LogP contribution in [-0.4, -0.2) is 45.2 Å². The van der Waals surface area contributed by atoms with Crippen LogP contribution in [0.1, 0.15) is 15.9 Å². The van der Waals surface area contributed by atoms with Gasteiger partial charge in [-0.25, -0.2) is 8.42 Å². The molecule has 0 atom stereocenters. The highest BCUT2D eigenvalue weighted by Gasteiger charge is 2.20. The number of carbonyl (C=O) groups excluding carboxylic acids is 1. The van der Waals surface area contributed by atoms with Crippen LogP contribution < -0.4 is 5.32 Å². The fourth-order valence-corrected chi connectivity index (χ4v) is 3.92. The third-order valence-corrected chi connectivity index (χ3v) is 6.38. The van der Waals surface area contributed by atoms with E-state index in [1.54, 1.807) is 11.8 Å². The van der Waals surface area contributed by atoms with Gasteiger partial charge in [0.05, 0.1) is 12.0 Å². The van der Waals surface area contributed by atoms with Gasteiger partial charge in [-0.3, -0.25) is 9.63 Å². The van der Waals surface area contributed by atoms with Gasteiger partial charge in [0.25, 0.3) is 15.9 Å². The fraction of sp³-hybridized carbons (Fsp3) is 0.278. The molecule has 0 saturated carbocycles. The van der Waals surface area contributed by atoms with Crippen LogP contribution in [0.2, 0.25) is 0 Å². The van der Waals surface area contributed by atoms with Gasteiger partial charge in [-0.1, -0.05) is 34.8 Å². The van der Waals surface area contributed by atoms with Crippen LogP contribution in [0.3, 0.4) is 0 Å². The molecule has 140 valence electrons. The maximum atomic E-state index is 12.1. The van der Waals surface area contributed by atoms with Crippen LogP contribution in [0, 0.1) is 0 Å². The highest BCUT2D eigenvalue weighted by Crippen LogP contribution is 2.15. The molecule has 0 unspecified atom stereocenters. The van der Waals surface area contributed by atoms with Crippen molar-refractivity contribution in [2.45, 2.75) is 10.6 Å². The van der Waals surface area contributed by atoms with E-state index in [9.17, 15) is 13.2 Å². The highest BCUT2D eigenvalue weighted by atomic mass is 32.2. The largest absolute Gasteiger partial charge is 0.351 e. The summed E-state index contributed by atoms with van der Waals surface area (Å²) in [5.74, 6) is 1.47. The number of nitrogens with zero attached hydrogens (tertiary/aromatic N) is 1. The molecule has 0 saturated heterocycles. The molecule has 26 heavy (non-hydrogen) atoms. The SMILES string of the molecule is CON(C)S(=O)(=O)c1ccc(C(=O)NCCSCc2ccccc2)cc1. The molecular weight excluding hydrogens is 372 g/mol. The number of sulfonamides is 1. The Kier molecular flexibility index (Phi) is 7.65. The van der Waals surface area contributed by atoms with Crippen LogP contribution in [0.25, 0.3) is 0 Å². The number of thioether (sulfide) groups is 1. The zero-order chi connectivity index (χ0) is 19.0. The highest BCUT2D eigenvalue weighted by molar-refractivity contribution is 7.98. The lowest BCUT2D eigenvalue weighted by molar-refractivity contribution is -0.0258. The van der Waals surface area contributed by atoms with Gasteiger partial charge in [-0.15, -0.1) is 0 Å². The van der Waals surface area contributed by atoms with Crippen molar-refractivity contribution in [1.82, 2.24) is 9.79 Å². The van der Waals surface area contributed by atoms with Gasteiger partial charge < -0.3 is 5.32 Å². The fourth-order valence-electron chi connectivity index (χ4n) is 2.13. The Morgan fingerprint density at radius 3 is 2.38 bits per heavy atom. The summed E-state index contributed by atoms with van der Waals surface area (Å²) >= 11 is 1.74. The third kappa shape index (κ3) is 5.57. The molecule has 6 nitrogen and oxygen atoms in total. The first kappa shape index (κ1) is 20.4. The zero-order valence-electron chi connectivity index (χ0n) is 14.7. The van der Waals surface area contributed by atoms with Gasteiger partial charge in [-0.2, -0.15) is 11.8 Å². The molecule has 8 heteroatoms. The van der Waals surface area contributed by atoms with E-state index in [-0.39, 0.29) is 10.8 Å². The second kappa shape index (κ2) is 9.72. The molecule has 2 rings (SSSR count). The van der Waals surface area contributed by atoms with Crippen molar-refractivity contribution >= 4 is 27.7 Å². The first-order valence-corrected chi connectivity index (χ1v) is 10.6. The molecule has 0 aliphatic carbocycles. The molecule has 0 aromatic heterocycles. The standard InChI is InChI=1S/C18H22N2O4S2/c1-20(24-2)26(22,23)17-10-8-16(9-11-17)18(21)19-12-13-25-14-15-6-4-3-5-7-15/h3-11H,12-14H2,1-2H3,(H,19,21). The molecule has 1 N–H and O–H groups in total. The Morgan fingerprint density at radius 2 is 1.77 bits per heavy atom. The van der Waals surface area contributed by atoms with Crippen LogP contribution in [-0.2, 0) is 20.6 Å². The number of nitrogens with one attached hydrogen (secondary N) is 1. The molecule has 0 radical (unpaired) electrons. The van der Waals surface area contributed by atoms with E-state index in [4.69, 9.17) is 4.84 Å². The van der Waals surface area contributed by atoms with E-state index < -0.39 is 10.0 Å². The minimum absolute atomic E-state index is 0.0665. The Balaban J connectivity index is 1.81. The summed E-state index contributed by atoms with van der Waals surface area (Å²) in [5.41, 5.74) is 1.67. The zero-order valence-corrected chi connectivity index (χ0v) is 16.3. The van der Waals surface area contributed by atoms with E-state index >= 15 is 0 Å². The second-order valence-corrected chi connectivity index (χ2v) is 8.46. The molecule has 0 spiro atoms. The average molecular weight is 395 g/mol. The smallest absolute Gasteiger partial charge is 0.264 e. The predicted octanol–water partition coefficient (Wildman–Crippen LogP) is 2.53. The Bertz CT molecular complexity index is 809. The number of carbonyl (C=O) groups is 1. The van der Waals surface area contributed by atoms with Crippen molar-refractivity contribution in [2.75, 3.05) is 26.5 Å². The first-order chi connectivity index (χ1) is 12.4. The van der Waals surface area contributed by atoms with Gasteiger partial charge in [-0.05, 0) is 29.8 Å². The minimum atomic E-state index is -3.71. The number of amides is 1. The van der Waals surface area contributed by atoms with Gasteiger partial charge in [0, 0.05) is 30.7 Å². The van der Waals surface area contributed by atoms with Gasteiger partial charge in [0.2, 0.25) is 0 Å². The Hall–Kier alpha value is -1.87. The van der Waals surface area contributed by atoms with Gasteiger partial charge >= 0.3 is 0 Å². The van der Waals surface area contributed by atoms with Crippen LogP contribution >= 0.6 is 11.8 Å². The number of rotatable bonds is 9. The van der Waals surface area contributed by atoms with E-state index in [1.807, 2.05) is 18.2 Å². The van der Waals surface area contributed by atoms with Crippen molar-refractivity contribution in [3.8, 4) is 0 Å². The monoisotopic (exact) mass is 394 g/mol. The van der Waals surface area contributed by atoms with Crippen molar-refractivity contribution < 1.29 is 18.0 Å². The Labute approximate surface area is 158 Å². The summed E-state index contributed by atoms with van der Waals surface area (Å²) in [6, 6.07) is 15.9. The second-order valence-electron chi connectivity index (χ2n) is 5.42. The predicted molar refractivity (Wildman–Crippen MR) is 103 cm³/mol. The summed E-state index contributed by atoms with van der Waals surface area (Å²) in [5, 5.41) is 2.83. The van der Waals surface area contributed by atoms with Crippen LogP contribution in [0.4, 0.5) is 0 Å². The molecule has 2 aromatic rings. The molecule has 1 amide bonds. The van der Waals surface area contributed by atoms with Crippen molar-refractivity contribution in [3.63, 3.8) is 0 Å². The van der Waals surface area contributed by atoms with Gasteiger partial charge in [0.1, 0.15) is 0 Å². The Morgan fingerprint density at radius 1 is 1.12 bits per heavy atom. The third-order valence-electron chi connectivity index (χ3n) is 3.65. The molecule has 0 fully saturated rings. The van der Waals surface area contributed by atoms with Crippen LogP contribution in [0.15, 0.2) is 59.5 Å². The minimum Gasteiger partial charge on any atom is -0.351 e. The quantitative estimate of drug-likeness (QED) is 0.522. The maximum absolute atomic E-state index is 12.1. The molecule has 0 heterocycles. The normalized spacial score (nSPS) is 11.5. The van der Waals surface area contributed by atoms with Crippen molar-refractivity contribution in [2.24, 2.45) is 0 Å². The topological polar surface area (TPSA) is 75.7 Å². The molecule has 0 bridgehead atoms. The van der Waals surface area contributed by atoms with Crippen LogP contribution in [0.5, 0.6) is 0 Å². The summed E-state index contributed by atoms with van der Waals surface area (Å²) in [4.78, 5) is 16.9. The van der Waals surface area contributed by atoms with E-state index in [0.29, 0.717) is 12.1 Å². The number of hydroxylamine groups is 1. The molecule has 2 aromatic carbocycles. The van der Waals surface area contributed by atoms with E-state index in [2.05, 4.69) is 17.4 Å². The molecule has 0 aliphatic rings. The van der Waals surface area contributed by atoms with Crippen molar-refractivity contribution in [1.29, 1.82) is 0 Å². The molecule has 0 aliphatic heterocycles. The van der Waals surface area contributed by atoms with E-state index in [0.717, 1.165) is 16.0 Å². The van der Waals surface area contributed by atoms with Gasteiger partial charge in [0.15, 0.2) is 0 Å². The summed E-state index contributed by atoms with van der Waals surface area (Å²) in [7, 11) is -1.12. The summed E-state index contributed by atoms with van der Waals surface area (Å²) in [6.07, 6.45) is 0. The average Bonchev–Trinajstić information content (AvgIpc) is 2.67. The lowest BCUT2D eigenvalue weighted by Gasteiger charge is -2.14. The number of hydrogen-bond donors (Lipinski definition) is 1. The maximum Gasteiger partial charge on any atom is 0.264 e. The lowest BCUT2D eigenvalue weighted by atomic mass is 10.2. The summed E-state index contributed by atoms with van der Waals surface area (Å²) in [6.45, 7) is 0.544. The number of hydrogen-bond acceptors (Lipinski definition) is 5. The van der Waals surface area contributed by atoms with E-state index in [1.165, 1.54) is 44.0 Å². The summed E-state index contributed by atoms with van der Waals surface area (Å²) < 4.78 is 25.0. The lowest BCUT2D eigenvalue weighted by Crippen LogP contribution is -2.27. The van der Waals surface area contributed by atoms with Crippen molar-refractivity contribution in [3.05, 3.63) is 65.7 Å². The molecular formula is C18H22N2O4S2. The first-order valence-electron chi connectivity index (χ1n) is 7.98.